The van der Waals surface area contributed by atoms with Gasteiger partial charge in [-0.1, -0.05) is 27.5 Å². The molecule has 2 aromatic rings. The molecule has 0 radical (unpaired) electrons. The molecular formula is C19H19BrClF3N3O3S+. The summed E-state index contributed by atoms with van der Waals surface area (Å²) in [7, 11) is -3.63. The summed E-state index contributed by atoms with van der Waals surface area (Å²) >= 11 is 9.17. The van der Waals surface area contributed by atoms with Gasteiger partial charge in [0.25, 0.3) is 5.91 Å². The number of amides is 1. The zero-order chi connectivity index (χ0) is 22.8. The third-order valence-corrected chi connectivity index (χ3v) is 7.63. The van der Waals surface area contributed by atoms with Crippen molar-refractivity contribution in [2.45, 2.75) is 11.1 Å². The van der Waals surface area contributed by atoms with E-state index in [1.54, 1.807) is 12.1 Å². The standard InChI is InChI=1S/C19H18BrClF3N3O3S/c20-14-2-4-15(5-3-14)31(29,30)27-9-7-26(8-10-27)12-18(28)25-17-11-13(19(22,23)24)1-6-16(17)21/h1-6,11H,7-10,12H2,(H,25,28)/p+1. The van der Waals surface area contributed by atoms with Gasteiger partial charge in [-0.3, -0.25) is 4.79 Å². The van der Waals surface area contributed by atoms with Crippen LogP contribution in [0.4, 0.5) is 18.9 Å². The van der Waals surface area contributed by atoms with Gasteiger partial charge in [-0.25, -0.2) is 8.42 Å². The predicted octanol–water partition coefficient (Wildman–Crippen LogP) is 2.65. The van der Waals surface area contributed by atoms with Gasteiger partial charge in [-0.2, -0.15) is 17.5 Å². The number of anilines is 1. The van der Waals surface area contributed by atoms with Crippen LogP contribution < -0.4 is 10.2 Å². The topological polar surface area (TPSA) is 70.9 Å². The van der Waals surface area contributed by atoms with Crippen molar-refractivity contribution in [3.05, 3.63) is 57.5 Å². The van der Waals surface area contributed by atoms with E-state index in [9.17, 15) is 26.4 Å². The van der Waals surface area contributed by atoms with E-state index in [4.69, 9.17) is 11.6 Å². The first-order chi connectivity index (χ1) is 14.5. The van der Waals surface area contributed by atoms with E-state index in [1.165, 1.54) is 16.4 Å². The van der Waals surface area contributed by atoms with Gasteiger partial charge >= 0.3 is 6.18 Å². The number of alkyl halides is 3. The van der Waals surface area contributed by atoms with Crippen molar-refractivity contribution in [2.24, 2.45) is 0 Å². The number of nitrogens with zero attached hydrogens (tertiary/aromatic N) is 1. The zero-order valence-electron chi connectivity index (χ0n) is 16.0. The van der Waals surface area contributed by atoms with E-state index >= 15 is 0 Å². The summed E-state index contributed by atoms with van der Waals surface area (Å²) in [5.41, 5.74) is -1.02. The fraction of sp³-hybridized carbons (Fsp3) is 0.316. The lowest BCUT2D eigenvalue weighted by Gasteiger charge is -2.31. The predicted molar refractivity (Wildman–Crippen MR) is 114 cm³/mol. The summed E-state index contributed by atoms with van der Waals surface area (Å²) in [5.74, 6) is -0.500. The van der Waals surface area contributed by atoms with Crippen LogP contribution in [0.2, 0.25) is 5.02 Å². The number of piperazine rings is 1. The van der Waals surface area contributed by atoms with Crippen molar-refractivity contribution in [3.63, 3.8) is 0 Å². The van der Waals surface area contributed by atoms with Crippen molar-refractivity contribution >= 4 is 49.1 Å². The fourth-order valence-electron chi connectivity index (χ4n) is 3.19. The lowest BCUT2D eigenvalue weighted by atomic mass is 10.2. The average molecular weight is 542 g/mol. The van der Waals surface area contributed by atoms with Crippen molar-refractivity contribution in [2.75, 3.05) is 38.0 Å². The molecule has 0 aliphatic carbocycles. The van der Waals surface area contributed by atoms with Gasteiger partial charge in [-0.15, -0.1) is 0 Å². The third-order valence-electron chi connectivity index (χ3n) is 4.86. The Morgan fingerprint density at radius 1 is 1.13 bits per heavy atom. The number of quaternary nitrogens is 1. The van der Waals surface area contributed by atoms with Crippen molar-refractivity contribution in [1.29, 1.82) is 0 Å². The average Bonchev–Trinajstić information content (AvgIpc) is 2.69. The van der Waals surface area contributed by atoms with Gasteiger partial charge in [0.1, 0.15) is 0 Å². The third kappa shape index (κ3) is 5.98. The molecule has 2 aromatic carbocycles. The highest BCUT2D eigenvalue weighted by atomic mass is 79.9. The van der Waals surface area contributed by atoms with Gasteiger partial charge in [0.05, 0.1) is 47.3 Å². The molecule has 0 saturated carbocycles. The molecule has 3 rings (SSSR count). The number of carbonyl (C=O) groups is 1. The Hall–Kier alpha value is -1.66. The maximum atomic E-state index is 12.9. The van der Waals surface area contributed by atoms with Crippen molar-refractivity contribution < 1.29 is 31.3 Å². The van der Waals surface area contributed by atoms with Gasteiger partial charge in [0, 0.05) is 4.47 Å². The molecule has 1 heterocycles. The van der Waals surface area contributed by atoms with Crippen LogP contribution in [0.25, 0.3) is 0 Å². The SMILES string of the molecule is O=C(C[NH+]1CCN(S(=O)(=O)c2ccc(Br)cc2)CC1)Nc1cc(C(F)(F)F)ccc1Cl. The molecule has 2 N–H and O–H groups in total. The molecule has 31 heavy (non-hydrogen) atoms. The van der Waals surface area contributed by atoms with Gasteiger partial charge < -0.3 is 10.2 Å². The summed E-state index contributed by atoms with van der Waals surface area (Å²) in [4.78, 5) is 13.3. The normalized spacial score (nSPS) is 16.3. The number of benzene rings is 2. The number of carbonyl (C=O) groups excluding carboxylic acids is 1. The second-order valence-electron chi connectivity index (χ2n) is 7.03. The highest BCUT2D eigenvalue weighted by Crippen LogP contribution is 2.33. The summed E-state index contributed by atoms with van der Waals surface area (Å²) in [6.07, 6.45) is -4.55. The molecule has 6 nitrogen and oxygen atoms in total. The van der Waals surface area contributed by atoms with E-state index in [2.05, 4.69) is 21.2 Å². The Morgan fingerprint density at radius 2 is 1.74 bits per heavy atom. The quantitative estimate of drug-likeness (QED) is 0.612. The number of hydrogen-bond donors (Lipinski definition) is 2. The van der Waals surface area contributed by atoms with E-state index in [1.807, 2.05) is 0 Å². The maximum Gasteiger partial charge on any atom is 0.416 e. The highest BCUT2D eigenvalue weighted by Gasteiger charge is 2.32. The summed E-state index contributed by atoms with van der Waals surface area (Å²) < 4.78 is 66.2. The molecule has 0 aromatic heterocycles. The number of sulfonamides is 1. The summed E-state index contributed by atoms with van der Waals surface area (Å²) in [5, 5.41) is 2.42. The highest BCUT2D eigenvalue weighted by molar-refractivity contribution is 9.10. The molecule has 168 valence electrons. The van der Waals surface area contributed by atoms with E-state index in [0.717, 1.165) is 27.6 Å². The maximum absolute atomic E-state index is 12.9. The molecule has 1 saturated heterocycles. The van der Waals surface area contributed by atoms with Crippen LogP contribution in [0.3, 0.4) is 0 Å². The molecule has 0 unspecified atom stereocenters. The Kier molecular flexibility index (Phi) is 7.32. The number of nitrogens with one attached hydrogen (secondary N) is 2. The summed E-state index contributed by atoms with van der Waals surface area (Å²) in [6.45, 7) is 1.22. The number of halogens is 5. The Bertz CT molecular complexity index is 1060. The fourth-order valence-corrected chi connectivity index (χ4v) is 5.06. The summed E-state index contributed by atoms with van der Waals surface area (Å²) in [6, 6.07) is 9.05. The van der Waals surface area contributed by atoms with Crippen LogP contribution in [0.1, 0.15) is 5.56 Å². The van der Waals surface area contributed by atoms with Crippen LogP contribution in [0.15, 0.2) is 51.8 Å². The smallest absolute Gasteiger partial charge is 0.325 e. The zero-order valence-corrected chi connectivity index (χ0v) is 19.2. The Labute approximate surface area is 191 Å². The van der Waals surface area contributed by atoms with E-state index in [0.29, 0.717) is 13.1 Å². The van der Waals surface area contributed by atoms with Crippen LogP contribution in [0, 0.1) is 0 Å². The van der Waals surface area contributed by atoms with E-state index < -0.39 is 27.7 Å². The lowest BCUT2D eigenvalue weighted by Crippen LogP contribution is -3.15. The first-order valence-electron chi connectivity index (χ1n) is 9.23. The van der Waals surface area contributed by atoms with Crippen LogP contribution in [-0.4, -0.2) is 51.4 Å². The molecule has 0 bridgehead atoms. The monoisotopic (exact) mass is 540 g/mol. The van der Waals surface area contributed by atoms with Gasteiger partial charge in [0.2, 0.25) is 10.0 Å². The largest absolute Gasteiger partial charge is 0.416 e. The first-order valence-corrected chi connectivity index (χ1v) is 11.8. The van der Waals surface area contributed by atoms with Gasteiger partial charge in [0.15, 0.2) is 6.54 Å². The molecule has 0 spiro atoms. The van der Waals surface area contributed by atoms with Crippen molar-refractivity contribution in [1.82, 2.24) is 4.31 Å². The van der Waals surface area contributed by atoms with E-state index in [-0.39, 0.29) is 35.2 Å². The molecule has 1 amide bonds. The Morgan fingerprint density at radius 3 is 2.32 bits per heavy atom. The Balaban J connectivity index is 1.58. The molecule has 1 aliphatic rings. The number of rotatable bonds is 5. The number of hydrogen-bond acceptors (Lipinski definition) is 3. The minimum absolute atomic E-state index is 0.00163. The second kappa shape index (κ2) is 9.45. The van der Waals surface area contributed by atoms with Crippen molar-refractivity contribution in [3.8, 4) is 0 Å². The molecular weight excluding hydrogens is 523 g/mol. The minimum atomic E-state index is -4.55. The van der Waals surface area contributed by atoms with Crippen LogP contribution in [-0.2, 0) is 21.0 Å². The molecule has 12 heteroatoms. The molecule has 1 aliphatic heterocycles. The molecule has 0 atom stereocenters. The first kappa shape index (κ1) is 24.0. The van der Waals surface area contributed by atoms with Crippen LogP contribution >= 0.6 is 27.5 Å². The van der Waals surface area contributed by atoms with Gasteiger partial charge in [-0.05, 0) is 42.5 Å². The molecule has 1 fully saturated rings. The minimum Gasteiger partial charge on any atom is -0.325 e. The van der Waals surface area contributed by atoms with Crippen LogP contribution in [0.5, 0.6) is 0 Å². The lowest BCUT2D eigenvalue weighted by molar-refractivity contribution is -0.895. The second-order valence-corrected chi connectivity index (χ2v) is 10.3.